The summed E-state index contributed by atoms with van der Waals surface area (Å²) in [6.45, 7) is 5.41. The van der Waals surface area contributed by atoms with Gasteiger partial charge in [-0.25, -0.2) is 0 Å². The lowest BCUT2D eigenvalue weighted by atomic mass is 10.1. The maximum absolute atomic E-state index is 10.7. The maximum atomic E-state index is 10.7. The predicted octanol–water partition coefficient (Wildman–Crippen LogP) is 2.34. The highest BCUT2D eigenvalue weighted by molar-refractivity contribution is 5.66. The Bertz CT molecular complexity index is 667. The molecule has 5 heteroatoms. The van der Waals surface area contributed by atoms with Crippen LogP contribution in [0.25, 0.3) is 11.3 Å². The SMILES string of the molecule is O=C(O)CCN1CCN(Cc2cccc(-c3ccccn3)c2)CC1. The van der Waals surface area contributed by atoms with Crippen LogP contribution in [-0.4, -0.2) is 58.6 Å². The van der Waals surface area contributed by atoms with E-state index in [-0.39, 0.29) is 6.42 Å². The molecule has 1 aliphatic heterocycles. The monoisotopic (exact) mass is 325 g/mol. The van der Waals surface area contributed by atoms with Crippen LogP contribution in [-0.2, 0) is 11.3 Å². The van der Waals surface area contributed by atoms with E-state index in [1.807, 2.05) is 24.4 Å². The molecule has 1 aliphatic rings. The number of hydrogen-bond acceptors (Lipinski definition) is 4. The van der Waals surface area contributed by atoms with Crippen molar-refractivity contribution in [2.45, 2.75) is 13.0 Å². The maximum Gasteiger partial charge on any atom is 0.304 e. The average molecular weight is 325 g/mol. The van der Waals surface area contributed by atoms with Gasteiger partial charge in [0, 0.05) is 51.0 Å². The van der Waals surface area contributed by atoms with Crippen molar-refractivity contribution in [3.63, 3.8) is 0 Å². The number of pyridine rings is 1. The number of aromatic nitrogens is 1. The van der Waals surface area contributed by atoms with Gasteiger partial charge in [0.2, 0.25) is 0 Å². The summed E-state index contributed by atoms with van der Waals surface area (Å²) in [5.74, 6) is -0.719. The largest absolute Gasteiger partial charge is 0.481 e. The van der Waals surface area contributed by atoms with E-state index in [4.69, 9.17) is 5.11 Å². The summed E-state index contributed by atoms with van der Waals surface area (Å²) < 4.78 is 0. The van der Waals surface area contributed by atoms with Crippen LogP contribution in [0, 0.1) is 0 Å². The van der Waals surface area contributed by atoms with Gasteiger partial charge in [0.15, 0.2) is 0 Å². The number of benzene rings is 1. The number of piperazine rings is 1. The number of carboxylic acids is 1. The van der Waals surface area contributed by atoms with Gasteiger partial charge in [0.05, 0.1) is 12.1 Å². The summed E-state index contributed by atoms with van der Waals surface area (Å²) in [6, 6.07) is 14.5. The molecular weight excluding hydrogens is 302 g/mol. The van der Waals surface area contributed by atoms with Crippen molar-refractivity contribution in [1.29, 1.82) is 0 Å². The van der Waals surface area contributed by atoms with Crippen molar-refractivity contribution in [2.24, 2.45) is 0 Å². The van der Waals surface area contributed by atoms with E-state index >= 15 is 0 Å². The Balaban J connectivity index is 1.55. The molecule has 0 bridgehead atoms. The van der Waals surface area contributed by atoms with Crippen LogP contribution in [0.2, 0.25) is 0 Å². The van der Waals surface area contributed by atoms with Gasteiger partial charge in [0.1, 0.15) is 0 Å². The quantitative estimate of drug-likeness (QED) is 0.883. The first kappa shape index (κ1) is 16.6. The van der Waals surface area contributed by atoms with Gasteiger partial charge in [-0.2, -0.15) is 0 Å². The molecule has 0 radical (unpaired) electrons. The Morgan fingerprint density at radius 1 is 1.04 bits per heavy atom. The molecule has 0 atom stereocenters. The molecule has 0 aliphatic carbocycles. The Morgan fingerprint density at radius 3 is 2.54 bits per heavy atom. The molecule has 0 spiro atoms. The van der Waals surface area contributed by atoms with Crippen LogP contribution in [0.15, 0.2) is 48.7 Å². The van der Waals surface area contributed by atoms with Gasteiger partial charge in [-0.15, -0.1) is 0 Å². The summed E-state index contributed by atoms with van der Waals surface area (Å²) in [4.78, 5) is 19.7. The molecule has 5 nitrogen and oxygen atoms in total. The minimum absolute atomic E-state index is 0.228. The molecule has 2 heterocycles. The molecule has 0 unspecified atom stereocenters. The van der Waals surface area contributed by atoms with Crippen molar-refractivity contribution >= 4 is 5.97 Å². The van der Waals surface area contributed by atoms with Gasteiger partial charge < -0.3 is 10.0 Å². The van der Waals surface area contributed by atoms with Crippen LogP contribution >= 0.6 is 0 Å². The average Bonchev–Trinajstić information content (AvgIpc) is 2.62. The number of hydrogen-bond donors (Lipinski definition) is 1. The topological polar surface area (TPSA) is 56.7 Å². The lowest BCUT2D eigenvalue weighted by Gasteiger charge is -2.34. The fourth-order valence-corrected chi connectivity index (χ4v) is 3.05. The summed E-state index contributed by atoms with van der Waals surface area (Å²) >= 11 is 0. The second kappa shape index (κ2) is 8.04. The van der Waals surface area contributed by atoms with Gasteiger partial charge >= 0.3 is 5.97 Å². The highest BCUT2D eigenvalue weighted by Crippen LogP contribution is 2.19. The zero-order valence-corrected chi connectivity index (χ0v) is 13.8. The first-order valence-corrected chi connectivity index (χ1v) is 8.37. The first-order chi connectivity index (χ1) is 11.7. The van der Waals surface area contributed by atoms with Gasteiger partial charge in [-0.1, -0.05) is 24.3 Å². The summed E-state index contributed by atoms with van der Waals surface area (Å²) in [5, 5.41) is 8.77. The lowest BCUT2D eigenvalue weighted by Crippen LogP contribution is -2.46. The van der Waals surface area contributed by atoms with E-state index in [0.29, 0.717) is 6.54 Å². The second-order valence-corrected chi connectivity index (χ2v) is 6.18. The van der Waals surface area contributed by atoms with Crippen LogP contribution in [0.3, 0.4) is 0 Å². The Labute approximate surface area is 142 Å². The van der Waals surface area contributed by atoms with E-state index in [9.17, 15) is 4.79 Å². The lowest BCUT2D eigenvalue weighted by molar-refractivity contribution is -0.137. The highest BCUT2D eigenvalue weighted by atomic mass is 16.4. The van der Waals surface area contributed by atoms with E-state index in [2.05, 4.69) is 39.0 Å². The van der Waals surface area contributed by atoms with E-state index < -0.39 is 5.97 Å². The molecule has 3 rings (SSSR count). The van der Waals surface area contributed by atoms with Crippen LogP contribution in [0.1, 0.15) is 12.0 Å². The van der Waals surface area contributed by atoms with Crippen LogP contribution in [0.4, 0.5) is 0 Å². The normalized spacial score (nSPS) is 16.2. The van der Waals surface area contributed by atoms with Crippen molar-refractivity contribution < 1.29 is 9.90 Å². The molecule has 1 saturated heterocycles. The molecule has 1 aromatic heterocycles. The van der Waals surface area contributed by atoms with E-state index in [1.54, 1.807) is 0 Å². The van der Waals surface area contributed by atoms with Crippen molar-refractivity contribution in [3.8, 4) is 11.3 Å². The van der Waals surface area contributed by atoms with Crippen LogP contribution < -0.4 is 0 Å². The molecule has 0 saturated carbocycles. The predicted molar refractivity (Wildman–Crippen MR) is 93.6 cm³/mol. The highest BCUT2D eigenvalue weighted by Gasteiger charge is 2.17. The van der Waals surface area contributed by atoms with Gasteiger partial charge in [-0.3, -0.25) is 14.7 Å². The Hall–Kier alpha value is -2.24. The second-order valence-electron chi connectivity index (χ2n) is 6.18. The third-order valence-electron chi connectivity index (χ3n) is 4.40. The molecule has 1 aromatic carbocycles. The zero-order chi connectivity index (χ0) is 16.8. The van der Waals surface area contributed by atoms with Crippen LogP contribution in [0.5, 0.6) is 0 Å². The van der Waals surface area contributed by atoms with Crippen molar-refractivity contribution in [3.05, 3.63) is 54.2 Å². The third kappa shape index (κ3) is 4.63. The molecule has 1 fully saturated rings. The number of nitrogens with zero attached hydrogens (tertiary/aromatic N) is 3. The van der Waals surface area contributed by atoms with E-state index in [0.717, 1.165) is 44.0 Å². The minimum atomic E-state index is -0.719. The molecule has 1 N–H and O–H groups in total. The molecular formula is C19H23N3O2. The first-order valence-electron chi connectivity index (χ1n) is 8.37. The minimum Gasteiger partial charge on any atom is -0.481 e. The molecule has 24 heavy (non-hydrogen) atoms. The zero-order valence-electron chi connectivity index (χ0n) is 13.8. The fourth-order valence-electron chi connectivity index (χ4n) is 3.05. The smallest absolute Gasteiger partial charge is 0.304 e. The molecule has 2 aromatic rings. The van der Waals surface area contributed by atoms with Gasteiger partial charge in [-0.05, 0) is 23.8 Å². The number of rotatable bonds is 6. The number of carboxylic acid groups (broad SMARTS) is 1. The Kier molecular flexibility index (Phi) is 5.56. The number of aliphatic carboxylic acids is 1. The summed E-state index contributed by atoms with van der Waals surface area (Å²) in [6.07, 6.45) is 2.05. The molecule has 126 valence electrons. The Morgan fingerprint density at radius 2 is 1.83 bits per heavy atom. The number of carbonyl (C=O) groups is 1. The summed E-state index contributed by atoms with van der Waals surface area (Å²) in [7, 11) is 0. The molecule has 0 amide bonds. The van der Waals surface area contributed by atoms with Crippen molar-refractivity contribution in [2.75, 3.05) is 32.7 Å². The summed E-state index contributed by atoms with van der Waals surface area (Å²) in [5.41, 5.74) is 3.43. The standard InChI is InChI=1S/C19H23N3O2/c23-19(24)7-9-21-10-12-22(13-11-21)15-16-4-3-5-17(14-16)18-6-1-2-8-20-18/h1-6,8,14H,7,9-13,15H2,(H,23,24). The van der Waals surface area contributed by atoms with E-state index in [1.165, 1.54) is 5.56 Å². The third-order valence-corrected chi connectivity index (χ3v) is 4.40. The fraction of sp³-hybridized carbons (Fsp3) is 0.368. The van der Waals surface area contributed by atoms with Gasteiger partial charge in [0.25, 0.3) is 0 Å². The van der Waals surface area contributed by atoms with Crippen molar-refractivity contribution in [1.82, 2.24) is 14.8 Å².